The Morgan fingerprint density at radius 3 is 2.53 bits per heavy atom. The number of carbonyl (C=O) groups excluding carboxylic acids is 2. The van der Waals surface area contributed by atoms with Gasteiger partial charge in [-0.15, -0.1) is 0 Å². The molecule has 1 aromatic rings. The van der Waals surface area contributed by atoms with Gasteiger partial charge in [0.05, 0.1) is 5.57 Å². The van der Waals surface area contributed by atoms with Crippen LogP contribution in [-0.4, -0.2) is 17.2 Å². The number of rotatable bonds is 0. The number of hydrogen-bond donors (Lipinski definition) is 1. The van der Waals surface area contributed by atoms with Crippen molar-refractivity contribution in [1.29, 1.82) is 0 Å². The van der Waals surface area contributed by atoms with Crippen molar-refractivity contribution in [2.75, 3.05) is 0 Å². The standard InChI is InChI=1S/C13H11NO3/c1-7-10-11(15)8-5-3-4-6-9(8)12(16)13(10,2)17-14-7/h3-6,14H,1-2H3. The molecule has 0 radical (unpaired) electrons. The molecule has 0 saturated carbocycles. The van der Waals surface area contributed by atoms with Gasteiger partial charge in [0.25, 0.3) is 0 Å². The summed E-state index contributed by atoms with van der Waals surface area (Å²) in [5.74, 6) is -0.308. The lowest BCUT2D eigenvalue weighted by Crippen LogP contribution is -2.45. The van der Waals surface area contributed by atoms with Gasteiger partial charge in [0.2, 0.25) is 5.78 Å². The number of hydroxylamine groups is 1. The molecule has 1 aliphatic carbocycles. The predicted molar refractivity (Wildman–Crippen MR) is 60.4 cm³/mol. The third-order valence-electron chi connectivity index (χ3n) is 3.34. The molecule has 86 valence electrons. The summed E-state index contributed by atoms with van der Waals surface area (Å²) in [4.78, 5) is 30.0. The van der Waals surface area contributed by atoms with Gasteiger partial charge in [0.1, 0.15) is 0 Å². The highest BCUT2D eigenvalue weighted by atomic mass is 16.7. The largest absolute Gasteiger partial charge is 0.290 e. The second-order valence-electron chi connectivity index (χ2n) is 4.44. The molecule has 0 bridgehead atoms. The average Bonchev–Trinajstić information content (AvgIpc) is 2.64. The second-order valence-corrected chi connectivity index (χ2v) is 4.44. The van der Waals surface area contributed by atoms with Crippen LogP contribution in [0.1, 0.15) is 34.6 Å². The maximum absolute atomic E-state index is 12.4. The quantitative estimate of drug-likeness (QED) is 0.734. The summed E-state index contributed by atoms with van der Waals surface area (Å²) in [6.45, 7) is 3.36. The number of carbonyl (C=O) groups is 2. The Balaban J connectivity index is 2.34. The van der Waals surface area contributed by atoms with Crippen LogP contribution in [0.25, 0.3) is 0 Å². The molecule has 1 heterocycles. The van der Waals surface area contributed by atoms with Crippen LogP contribution in [-0.2, 0) is 4.84 Å². The lowest BCUT2D eigenvalue weighted by molar-refractivity contribution is -0.0184. The van der Waals surface area contributed by atoms with Gasteiger partial charge in [0.15, 0.2) is 11.4 Å². The first-order chi connectivity index (χ1) is 8.05. The molecule has 1 N–H and O–H groups in total. The number of fused-ring (bicyclic) bond motifs is 2. The van der Waals surface area contributed by atoms with Gasteiger partial charge in [-0.1, -0.05) is 24.3 Å². The zero-order valence-corrected chi connectivity index (χ0v) is 9.53. The minimum atomic E-state index is -1.18. The van der Waals surface area contributed by atoms with Gasteiger partial charge < -0.3 is 0 Å². The van der Waals surface area contributed by atoms with E-state index in [2.05, 4.69) is 5.48 Å². The molecule has 0 fully saturated rings. The van der Waals surface area contributed by atoms with Gasteiger partial charge >= 0.3 is 0 Å². The molecule has 0 spiro atoms. The van der Waals surface area contributed by atoms with Crippen molar-refractivity contribution in [3.63, 3.8) is 0 Å². The van der Waals surface area contributed by atoms with Crippen LogP contribution < -0.4 is 5.48 Å². The summed E-state index contributed by atoms with van der Waals surface area (Å²) in [6, 6.07) is 6.84. The summed E-state index contributed by atoms with van der Waals surface area (Å²) in [6.07, 6.45) is 0. The monoisotopic (exact) mass is 229 g/mol. The highest BCUT2D eigenvalue weighted by molar-refractivity contribution is 6.26. The Morgan fingerprint density at radius 1 is 1.18 bits per heavy atom. The Hall–Kier alpha value is -1.94. The molecule has 1 aromatic carbocycles. The normalized spacial score (nSPS) is 26.7. The van der Waals surface area contributed by atoms with Gasteiger partial charge in [-0.3, -0.25) is 19.9 Å². The summed E-state index contributed by atoms with van der Waals surface area (Å²) in [5.41, 5.74) is 3.37. The van der Waals surface area contributed by atoms with E-state index in [1.165, 1.54) is 0 Å². The van der Waals surface area contributed by atoms with Crippen molar-refractivity contribution in [3.8, 4) is 0 Å². The number of nitrogens with one attached hydrogen (secondary N) is 1. The Bertz CT molecular complexity index is 588. The summed E-state index contributed by atoms with van der Waals surface area (Å²) in [5, 5.41) is 0. The van der Waals surface area contributed by atoms with Crippen LogP contribution >= 0.6 is 0 Å². The molecule has 4 heteroatoms. The maximum Gasteiger partial charge on any atom is 0.202 e. The molecular weight excluding hydrogens is 218 g/mol. The summed E-state index contributed by atoms with van der Waals surface area (Å²) in [7, 11) is 0. The van der Waals surface area contributed by atoms with E-state index in [1.54, 1.807) is 38.1 Å². The lowest BCUT2D eigenvalue weighted by Gasteiger charge is -2.28. The smallest absolute Gasteiger partial charge is 0.202 e. The van der Waals surface area contributed by atoms with Gasteiger partial charge in [0, 0.05) is 16.8 Å². The van der Waals surface area contributed by atoms with E-state index in [1.807, 2.05) is 0 Å². The number of ketones is 2. The molecule has 4 nitrogen and oxygen atoms in total. The zero-order valence-electron chi connectivity index (χ0n) is 9.53. The van der Waals surface area contributed by atoms with E-state index >= 15 is 0 Å². The third-order valence-corrected chi connectivity index (χ3v) is 3.34. The minimum Gasteiger partial charge on any atom is -0.290 e. The molecule has 1 unspecified atom stereocenters. The molecule has 2 aliphatic rings. The first kappa shape index (κ1) is 10.2. The fraction of sp³-hybridized carbons (Fsp3) is 0.231. The minimum absolute atomic E-state index is 0.134. The van der Waals surface area contributed by atoms with Crippen molar-refractivity contribution < 1.29 is 14.4 Å². The number of hydrogen-bond acceptors (Lipinski definition) is 4. The van der Waals surface area contributed by atoms with Crippen LogP contribution in [0.3, 0.4) is 0 Å². The van der Waals surface area contributed by atoms with Crippen molar-refractivity contribution in [2.24, 2.45) is 0 Å². The first-order valence-electron chi connectivity index (χ1n) is 5.39. The van der Waals surface area contributed by atoms with E-state index in [-0.39, 0.29) is 11.6 Å². The van der Waals surface area contributed by atoms with Crippen LogP contribution in [0.15, 0.2) is 35.5 Å². The molecule has 1 aliphatic heterocycles. The molecule has 0 amide bonds. The van der Waals surface area contributed by atoms with E-state index in [4.69, 9.17) is 4.84 Å². The second kappa shape index (κ2) is 3.05. The van der Waals surface area contributed by atoms with Gasteiger partial charge in [-0.05, 0) is 13.8 Å². The molecule has 3 rings (SSSR count). The SMILES string of the molecule is CC1=C2C(=O)c3ccccc3C(=O)C2(C)ON1. The van der Waals surface area contributed by atoms with Crippen molar-refractivity contribution in [1.82, 2.24) is 5.48 Å². The number of allylic oxidation sites excluding steroid dienone is 1. The van der Waals surface area contributed by atoms with Crippen LogP contribution in [0.5, 0.6) is 0 Å². The topological polar surface area (TPSA) is 55.4 Å². The highest BCUT2D eigenvalue weighted by Crippen LogP contribution is 2.39. The van der Waals surface area contributed by atoms with Crippen molar-refractivity contribution in [2.45, 2.75) is 19.4 Å². The highest BCUT2D eigenvalue weighted by Gasteiger charge is 2.52. The fourth-order valence-corrected chi connectivity index (χ4v) is 2.46. The zero-order chi connectivity index (χ0) is 12.2. The molecular formula is C13H11NO3. The van der Waals surface area contributed by atoms with E-state index in [0.29, 0.717) is 22.4 Å². The third kappa shape index (κ3) is 1.10. The Morgan fingerprint density at radius 2 is 1.82 bits per heavy atom. The summed E-state index contributed by atoms with van der Waals surface area (Å²) < 4.78 is 0. The number of Topliss-reactive ketones (excluding diaryl/α,β-unsaturated/α-hetero) is 2. The Labute approximate surface area is 98.2 Å². The van der Waals surface area contributed by atoms with Gasteiger partial charge in [-0.25, -0.2) is 0 Å². The van der Waals surface area contributed by atoms with Crippen LogP contribution in [0.4, 0.5) is 0 Å². The number of benzene rings is 1. The maximum atomic E-state index is 12.4. The molecule has 0 aromatic heterocycles. The van der Waals surface area contributed by atoms with Crippen molar-refractivity contribution >= 4 is 11.6 Å². The molecule has 0 saturated heterocycles. The van der Waals surface area contributed by atoms with Crippen molar-refractivity contribution in [3.05, 3.63) is 46.7 Å². The van der Waals surface area contributed by atoms with Crippen LogP contribution in [0, 0.1) is 0 Å². The lowest BCUT2D eigenvalue weighted by atomic mass is 9.75. The van der Waals surface area contributed by atoms with E-state index in [9.17, 15) is 9.59 Å². The molecule has 17 heavy (non-hydrogen) atoms. The predicted octanol–water partition coefficient (Wildman–Crippen LogP) is 1.63. The van der Waals surface area contributed by atoms with E-state index < -0.39 is 5.60 Å². The van der Waals surface area contributed by atoms with Crippen LogP contribution in [0.2, 0.25) is 0 Å². The van der Waals surface area contributed by atoms with Gasteiger partial charge in [-0.2, -0.15) is 0 Å². The summed E-state index contributed by atoms with van der Waals surface area (Å²) >= 11 is 0. The average molecular weight is 229 g/mol. The van der Waals surface area contributed by atoms with E-state index in [0.717, 1.165) is 0 Å². The Kier molecular flexibility index (Phi) is 1.83. The fourth-order valence-electron chi connectivity index (χ4n) is 2.46. The first-order valence-corrected chi connectivity index (χ1v) is 5.39. The molecule has 1 atom stereocenters.